The van der Waals surface area contributed by atoms with Crippen LogP contribution in [0.4, 0.5) is 0 Å². The van der Waals surface area contributed by atoms with Gasteiger partial charge in [-0.3, -0.25) is 19.8 Å². The SMILES string of the molecule is COc1ccc(C(c2c(C)[nH][nH]c2=O)c2c(C)[nH][nH]c2=O)c(OC)c1.Cl. The Labute approximate surface area is 155 Å². The summed E-state index contributed by atoms with van der Waals surface area (Å²) in [6.45, 7) is 3.57. The third-order valence-electron chi connectivity index (χ3n) is 4.35. The number of aromatic nitrogens is 4. The van der Waals surface area contributed by atoms with E-state index in [1.54, 1.807) is 39.2 Å². The molecule has 0 fully saturated rings. The van der Waals surface area contributed by atoms with Gasteiger partial charge in [-0.1, -0.05) is 6.07 Å². The van der Waals surface area contributed by atoms with Crippen LogP contribution in [0.3, 0.4) is 0 Å². The van der Waals surface area contributed by atoms with E-state index in [-0.39, 0.29) is 23.5 Å². The molecule has 0 spiro atoms. The highest BCUT2D eigenvalue weighted by atomic mass is 35.5. The number of rotatable bonds is 5. The smallest absolute Gasteiger partial charge is 0.268 e. The molecule has 0 aliphatic rings. The molecule has 140 valence electrons. The summed E-state index contributed by atoms with van der Waals surface area (Å²) in [4.78, 5) is 24.8. The first-order chi connectivity index (χ1) is 12.0. The van der Waals surface area contributed by atoms with Gasteiger partial charge in [0, 0.05) is 23.0 Å². The third-order valence-corrected chi connectivity index (χ3v) is 4.35. The molecule has 0 radical (unpaired) electrons. The minimum absolute atomic E-state index is 0. The number of nitrogens with one attached hydrogen (secondary N) is 4. The first-order valence-electron chi connectivity index (χ1n) is 7.74. The molecule has 2 heterocycles. The molecule has 0 amide bonds. The zero-order valence-electron chi connectivity index (χ0n) is 14.9. The van der Waals surface area contributed by atoms with Gasteiger partial charge in [0.05, 0.1) is 31.3 Å². The van der Waals surface area contributed by atoms with E-state index in [9.17, 15) is 9.59 Å². The van der Waals surface area contributed by atoms with Crippen LogP contribution in [0.5, 0.6) is 11.5 Å². The Morgan fingerprint density at radius 1 is 0.846 bits per heavy atom. The van der Waals surface area contributed by atoms with Crippen molar-refractivity contribution in [2.24, 2.45) is 0 Å². The standard InChI is InChI=1S/C17H20N4O4.ClH/c1-8-13(16(22)20-18-8)15(14-9(2)19-21-17(14)23)11-6-5-10(24-3)7-12(11)25-4;/h5-7,15H,1-4H3,(H2,18,20,22)(H2,19,21,23);1H. The van der Waals surface area contributed by atoms with E-state index in [1.165, 1.54) is 7.11 Å². The van der Waals surface area contributed by atoms with Crippen molar-refractivity contribution in [2.75, 3.05) is 14.2 Å². The maximum atomic E-state index is 12.4. The molecule has 3 rings (SSSR count). The van der Waals surface area contributed by atoms with E-state index in [4.69, 9.17) is 9.47 Å². The number of ether oxygens (including phenoxy) is 2. The molecule has 4 N–H and O–H groups in total. The molecule has 0 atom stereocenters. The van der Waals surface area contributed by atoms with Crippen LogP contribution in [-0.2, 0) is 0 Å². The molecule has 3 aromatic rings. The monoisotopic (exact) mass is 380 g/mol. The zero-order chi connectivity index (χ0) is 18.1. The second kappa shape index (κ2) is 7.57. The molecule has 2 aromatic heterocycles. The summed E-state index contributed by atoms with van der Waals surface area (Å²) in [5, 5.41) is 10.8. The van der Waals surface area contributed by atoms with Gasteiger partial charge < -0.3 is 19.7 Å². The van der Waals surface area contributed by atoms with Crippen molar-refractivity contribution in [1.82, 2.24) is 20.4 Å². The van der Waals surface area contributed by atoms with Crippen LogP contribution in [0.2, 0.25) is 0 Å². The van der Waals surface area contributed by atoms with Crippen molar-refractivity contribution in [3.05, 3.63) is 67.0 Å². The van der Waals surface area contributed by atoms with Crippen LogP contribution >= 0.6 is 12.4 Å². The van der Waals surface area contributed by atoms with E-state index in [1.807, 2.05) is 0 Å². The maximum Gasteiger partial charge on any atom is 0.268 e. The fraction of sp³-hybridized carbons (Fsp3) is 0.294. The van der Waals surface area contributed by atoms with Crippen LogP contribution in [0.15, 0.2) is 27.8 Å². The predicted octanol–water partition coefficient (Wildman–Crippen LogP) is 1.96. The molecule has 9 heteroatoms. The van der Waals surface area contributed by atoms with Crippen LogP contribution in [-0.4, -0.2) is 34.6 Å². The van der Waals surface area contributed by atoms with Crippen molar-refractivity contribution in [1.29, 1.82) is 0 Å². The first kappa shape index (κ1) is 19.5. The van der Waals surface area contributed by atoms with Gasteiger partial charge in [0.1, 0.15) is 11.5 Å². The highest BCUT2D eigenvalue weighted by Gasteiger charge is 2.30. The highest BCUT2D eigenvalue weighted by Crippen LogP contribution is 2.38. The molecule has 1 aromatic carbocycles. The average Bonchev–Trinajstić information content (AvgIpc) is 3.12. The van der Waals surface area contributed by atoms with E-state index in [2.05, 4.69) is 20.4 Å². The van der Waals surface area contributed by atoms with Crippen LogP contribution in [0, 0.1) is 13.8 Å². The van der Waals surface area contributed by atoms with Gasteiger partial charge in [-0.15, -0.1) is 12.4 Å². The molecular formula is C17H21ClN4O4. The lowest BCUT2D eigenvalue weighted by molar-refractivity contribution is 0.390. The summed E-state index contributed by atoms with van der Waals surface area (Å²) in [7, 11) is 3.10. The van der Waals surface area contributed by atoms with E-state index in [0.29, 0.717) is 39.6 Å². The van der Waals surface area contributed by atoms with Gasteiger partial charge in [0.25, 0.3) is 11.1 Å². The van der Waals surface area contributed by atoms with Crippen molar-refractivity contribution in [3.8, 4) is 11.5 Å². The summed E-state index contributed by atoms with van der Waals surface area (Å²) < 4.78 is 10.7. The van der Waals surface area contributed by atoms with Crippen molar-refractivity contribution in [2.45, 2.75) is 19.8 Å². The third kappa shape index (κ3) is 3.15. The molecule has 8 nitrogen and oxygen atoms in total. The normalized spacial score (nSPS) is 10.7. The number of halogens is 1. The summed E-state index contributed by atoms with van der Waals surface area (Å²) in [6.07, 6.45) is 0. The van der Waals surface area contributed by atoms with Gasteiger partial charge in [-0.25, -0.2) is 0 Å². The Morgan fingerprint density at radius 2 is 1.38 bits per heavy atom. The number of H-pyrrole nitrogens is 4. The van der Waals surface area contributed by atoms with Gasteiger partial charge in [0.2, 0.25) is 0 Å². The lowest BCUT2D eigenvalue weighted by atomic mass is 9.84. The van der Waals surface area contributed by atoms with E-state index < -0.39 is 5.92 Å². The van der Waals surface area contributed by atoms with Gasteiger partial charge >= 0.3 is 0 Å². The van der Waals surface area contributed by atoms with Gasteiger partial charge in [-0.05, 0) is 19.9 Å². The highest BCUT2D eigenvalue weighted by molar-refractivity contribution is 5.85. The predicted molar refractivity (Wildman–Crippen MR) is 100 cm³/mol. The molecular weight excluding hydrogens is 360 g/mol. The Balaban J connectivity index is 0.00000243. The molecule has 0 saturated carbocycles. The second-order valence-corrected chi connectivity index (χ2v) is 5.78. The van der Waals surface area contributed by atoms with E-state index >= 15 is 0 Å². The second-order valence-electron chi connectivity index (χ2n) is 5.78. The largest absolute Gasteiger partial charge is 0.497 e. The molecule has 0 saturated heterocycles. The molecule has 26 heavy (non-hydrogen) atoms. The van der Waals surface area contributed by atoms with Crippen LogP contribution in [0.25, 0.3) is 0 Å². The molecule has 0 aliphatic carbocycles. The summed E-state index contributed by atoms with van der Waals surface area (Å²) in [5.74, 6) is 0.564. The average molecular weight is 381 g/mol. The zero-order valence-corrected chi connectivity index (χ0v) is 15.7. The molecule has 0 bridgehead atoms. The summed E-state index contributed by atoms with van der Waals surface area (Å²) >= 11 is 0. The van der Waals surface area contributed by atoms with Crippen LogP contribution < -0.4 is 20.6 Å². The topological polar surface area (TPSA) is 116 Å². The number of aryl methyl sites for hydroxylation is 2. The Hall–Kier alpha value is -2.87. The van der Waals surface area contributed by atoms with Crippen molar-refractivity contribution in [3.63, 3.8) is 0 Å². The number of methoxy groups -OCH3 is 2. The quantitative estimate of drug-likeness (QED) is 0.541. The Kier molecular flexibility index (Phi) is 5.66. The van der Waals surface area contributed by atoms with Crippen molar-refractivity contribution < 1.29 is 9.47 Å². The van der Waals surface area contributed by atoms with Crippen molar-refractivity contribution >= 4 is 12.4 Å². The van der Waals surface area contributed by atoms with Crippen LogP contribution in [0.1, 0.15) is 34.0 Å². The van der Waals surface area contributed by atoms with E-state index in [0.717, 1.165) is 0 Å². The Morgan fingerprint density at radius 3 is 1.77 bits per heavy atom. The number of hydrogen-bond donors (Lipinski definition) is 4. The lowest BCUT2D eigenvalue weighted by Gasteiger charge is -2.19. The molecule has 0 aliphatic heterocycles. The lowest BCUT2D eigenvalue weighted by Crippen LogP contribution is -2.20. The minimum atomic E-state index is -0.592. The number of aromatic amines is 4. The summed E-state index contributed by atoms with van der Waals surface area (Å²) in [6, 6.07) is 5.31. The minimum Gasteiger partial charge on any atom is -0.497 e. The number of benzene rings is 1. The van der Waals surface area contributed by atoms with Gasteiger partial charge in [-0.2, -0.15) is 0 Å². The van der Waals surface area contributed by atoms with Gasteiger partial charge in [0.15, 0.2) is 0 Å². The molecule has 0 unspecified atom stereocenters. The first-order valence-corrected chi connectivity index (χ1v) is 7.74. The summed E-state index contributed by atoms with van der Waals surface area (Å²) in [5.41, 5.74) is 2.40. The fourth-order valence-electron chi connectivity index (χ4n) is 3.12. The number of hydrogen-bond acceptors (Lipinski definition) is 4. The maximum absolute atomic E-state index is 12.4. The fourth-order valence-corrected chi connectivity index (χ4v) is 3.12. The Bertz CT molecular complexity index is 960.